The molecule has 1 fully saturated rings. The number of amides is 1. The lowest BCUT2D eigenvalue weighted by atomic mass is 10.2. The van der Waals surface area contributed by atoms with Gasteiger partial charge in [-0.2, -0.15) is 0 Å². The second-order valence-corrected chi connectivity index (χ2v) is 7.77. The molecule has 26 heavy (non-hydrogen) atoms. The number of carbonyl (C=O) groups excluding carboxylic acids is 1. The number of para-hydroxylation sites is 2. The molecule has 3 rings (SSSR count). The molecule has 7 heteroatoms. The molecule has 0 radical (unpaired) electrons. The fourth-order valence-corrected chi connectivity index (χ4v) is 3.71. The number of likely N-dealkylation sites (N-methyl/N-ethyl adjacent to an activating group) is 1. The summed E-state index contributed by atoms with van der Waals surface area (Å²) in [6.45, 7) is 4.00. The smallest absolute Gasteiger partial charge is 0.258 e. The molecule has 1 aliphatic rings. The van der Waals surface area contributed by atoms with Crippen LogP contribution in [-0.4, -0.2) is 49.1 Å². The molecular weight excluding hydrogens is 459 g/mol. The van der Waals surface area contributed by atoms with E-state index in [9.17, 15) is 4.79 Å². The molecule has 0 aliphatic carbocycles. The Morgan fingerprint density at radius 3 is 2.42 bits per heavy atom. The van der Waals surface area contributed by atoms with E-state index in [0.717, 1.165) is 41.1 Å². The monoisotopic (exact) mass is 480 g/mol. The summed E-state index contributed by atoms with van der Waals surface area (Å²) in [5.41, 5.74) is 2.63. The number of hydrogen-bond acceptors (Lipinski definition) is 4. The van der Waals surface area contributed by atoms with Crippen LogP contribution < -0.4 is 15.5 Å². The van der Waals surface area contributed by atoms with Crippen molar-refractivity contribution in [2.75, 3.05) is 43.4 Å². The van der Waals surface area contributed by atoms with Crippen molar-refractivity contribution >= 4 is 57.2 Å². The highest BCUT2D eigenvalue weighted by Crippen LogP contribution is 2.26. The summed E-state index contributed by atoms with van der Waals surface area (Å²) in [7, 11) is 2.14. The number of hydrogen-bond donors (Lipinski definition) is 2. The molecule has 136 valence electrons. The zero-order chi connectivity index (χ0) is 18.5. The molecule has 0 atom stereocenters. The number of nitrogens with zero attached hydrogens (tertiary/aromatic N) is 2. The van der Waals surface area contributed by atoms with Gasteiger partial charge in [0.2, 0.25) is 0 Å². The molecule has 0 bridgehead atoms. The van der Waals surface area contributed by atoms with Crippen molar-refractivity contribution in [3.63, 3.8) is 0 Å². The van der Waals surface area contributed by atoms with E-state index in [-0.39, 0.29) is 5.91 Å². The fourth-order valence-electron chi connectivity index (χ4n) is 2.87. The van der Waals surface area contributed by atoms with E-state index in [2.05, 4.69) is 56.1 Å². The average molecular weight is 480 g/mol. The predicted octanol–water partition coefficient (Wildman–Crippen LogP) is 3.17. The Balaban J connectivity index is 1.68. The minimum Gasteiger partial charge on any atom is -0.367 e. The van der Waals surface area contributed by atoms with Gasteiger partial charge in [0.1, 0.15) is 0 Å². The van der Waals surface area contributed by atoms with Gasteiger partial charge in [-0.15, -0.1) is 0 Å². The lowest BCUT2D eigenvalue weighted by Crippen LogP contribution is -2.45. The molecule has 5 nitrogen and oxygen atoms in total. The number of nitrogens with one attached hydrogen (secondary N) is 2. The van der Waals surface area contributed by atoms with Gasteiger partial charge in [-0.3, -0.25) is 10.1 Å². The molecule has 2 N–H and O–H groups in total. The van der Waals surface area contributed by atoms with Gasteiger partial charge >= 0.3 is 0 Å². The van der Waals surface area contributed by atoms with Gasteiger partial charge in [-0.1, -0.05) is 24.3 Å². The third-order valence-corrected chi connectivity index (χ3v) is 5.49. The third-order valence-electron chi connectivity index (χ3n) is 4.34. The Kier molecular flexibility index (Phi) is 6.44. The van der Waals surface area contributed by atoms with Crippen molar-refractivity contribution < 1.29 is 4.79 Å². The Hall–Kier alpha value is -1.71. The molecule has 2 aromatic rings. The topological polar surface area (TPSA) is 47.6 Å². The van der Waals surface area contributed by atoms with Gasteiger partial charge in [-0.05, 0) is 66.1 Å². The molecule has 1 amide bonds. The standard InChI is InChI=1S/C19H21IN4OS/c1-23-10-12-24(13-11-23)17-9-5-4-8-16(17)21-19(26)22-18(25)14-6-2-3-7-15(14)20/h2-9H,10-13H2,1H3,(H2,21,22,25,26). The second kappa shape index (κ2) is 8.79. The first-order valence-corrected chi connectivity index (χ1v) is 9.92. The van der Waals surface area contributed by atoms with Crippen molar-refractivity contribution in [2.45, 2.75) is 0 Å². The maximum absolute atomic E-state index is 12.4. The van der Waals surface area contributed by atoms with Crippen LogP contribution in [0.25, 0.3) is 0 Å². The maximum atomic E-state index is 12.4. The second-order valence-electron chi connectivity index (χ2n) is 6.20. The van der Waals surface area contributed by atoms with Crippen LogP contribution in [0.5, 0.6) is 0 Å². The van der Waals surface area contributed by atoms with E-state index in [1.807, 2.05) is 36.4 Å². The molecule has 0 spiro atoms. The Morgan fingerprint density at radius 1 is 1.04 bits per heavy atom. The van der Waals surface area contributed by atoms with Crippen LogP contribution >= 0.6 is 34.8 Å². The molecule has 1 saturated heterocycles. The zero-order valence-electron chi connectivity index (χ0n) is 14.5. The summed E-state index contributed by atoms with van der Waals surface area (Å²) >= 11 is 7.51. The summed E-state index contributed by atoms with van der Waals surface area (Å²) in [5, 5.41) is 6.26. The van der Waals surface area contributed by atoms with Gasteiger partial charge in [-0.25, -0.2) is 0 Å². The Morgan fingerprint density at radius 2 is 1.69 bits per heavy atom. The zero-order valence-corrected chi connectivity index (χ0v) is 17.5. The van der Waals surface area contributed by atoms with Crippen molar-refractivity contribution in [1.29, 1.82) is 0 Å². The van der Waals surface area contributed by atoms with Crippen LogP contribution in [-0.2, 0) is 0 Å². The molecule has 1 heterocycles. The van der Waals surface area contributed by atoms with Crippen LogP contribution in [0.2, 0.25) is 0 Å². The average Bonchev–Trinajstić information content (AvgIpc) is 2.63. The summed E-state index contributed by atoms with van der Waals surface area (Å²) in [5.74, 6) is -0.204. The number of rotatable bonds is 3. The molecule has 1 aliphatic heterocycles. The minimum atomic E-state index is -0.204. The van der Waals surface area contributed by atoms with Gasteiger partial charge in [0.15, 0.2) is 5.11 Å². The van der Waals surface area contributed by atoms with E-state index in [1.165, 1.54) is 0 Å². The van der Waals surface area contributed by atoms with Crippen LogP contribution in [0, 0.1) is 3.57 Å². The maximum Gasteiger partial charge on any atom is 0.258 e. The van der Waals surface area contributed by atoms with Gasteiger partial charge < -0.3 is 15.1 Å². The number of anilines is 2. The van der Waals surface area contributed by atoms with E-state index in [0.29, 0.717) is 10.7 Å². The number of halogens is 1. The van der Waals surface area contributed by atoms with Crippen LogP contribution in [0.1, 0.15) is 10.4 Å². The van der Waals surface area contributed by atoms with Crippen molar-refractivity contribution in [3.05, 3.63) is 57.7 Å². The molecule has 0 aromatic heterocycles. The Labute approximate surface area is 172 Å². The first-order chi connectivity index (χ1) is 12.5. The lowest BCUT2D eigenvalue weighted by Gasteiger charge is -2.35. The van der Waals surface area contributed by atoms with Gasteiger partial charge in [0.05, 0.1) is 16.9 Å². The highest BCUT2D eigenvalue weighted by atomic mass is 127. The summed E-state index contributed by atoms with van der Waals surface area (Å²) in [6.07, 6.45) is 0. The van der Waals surface area contributed by atoms with Gasteiger partial charge in [0, 0.05) is 29.7 Å². The fraction of sp³-hybridized carbons (Fsp3) is 0.263. The van der Waals surface area contributed by atoms with Crippen LogP contribution in [0.4, 0.5) is 11.4 Å². The summed E-state index contributed by atoms with van der Waals surface area (Å²) in [4.78, 5) is 17.1. The van der Waals surface area contributed by atoms with Crippen molar-refractivity contribution in [3.8, 4) is 0 Å². The predicted molar refractivity (Wildman–Crippen MR) is 119 cm³/mol. The van der Waals surface area contributed by atoms with Crippen molar-refractivity contribution in [1.82, 2.24) is 10.2 Å². The minimum absolute atomic E-state index is 0.204. The van der Waals surface area contributed by atoms with E-state index in [4.69, 9.17) is 12.2 Å². The molecule has 0 unspecified atom stereocenters. The number of thiocarbonyl (C=S) groups is 1. The lowest BCUT2D eigenvalue weighted by molar-refractivity contribution is 0.0977. The van der Waals surface area contributed by atoms with Crippen molar-refractivity contribution in [2.24, 2.45) is 0 Å². The van der Waals surface area contributed by atoms with Crippen LogP contribution in [0.15, 0.2) is 48.5 Å². The normalized spacial score (nSPS) is 14.8. The summed E-state index contributed by atoms with van der Waals surface area (Å²) in [6, 6.07) is 15.5. The highest BCUT2D eigenvalue weighted by Gasteiger charge is 2.18. The molecular formula is C19H21IN4OS. The largest absolute Gasteiger partial charge is 0.367 e. The summed E-state index contributed by atoms with van der Waals surface area (Å²) < 4.78 is 0.892. The Bertz CT molecular complexity index is 806. The van der Waals surface area contributed by atoms with E-state index in [1.54, 1.807) is 6.07 Å². The van der Waals surface area contributed by atoms with E-state index < -0.39 is 0 Å². The number of carbonyl (C=O) groups is 1. The first kappa shape index (κ1) is 19.1. The quantitative estimate of drug-likeness (QED) is 0.522. The van der Waals surface area contributed by atoms with E-state index >= 15 is 0 Å². The molecule has 0 saturated carbocycles. The SMILES string of the molecule is CN1CCN(c2ccccc2NC(=S)NC(=O)c2ccccc2I)CC1. The van der Waals surface area contributed by atoms with Gasteiger partial charge in [0.25, 0.3) is 5.91 Å². The molecule has 2 aromatic carbocycles. The number of piperazine rings is 1. The highest BCUT2D eigenvalue weighted by molar-refractivity contribution is 14.1. The third kappa shape index (κ3) is 4.72. The first-order valence-electron chi connectivity index (χ1n) is 8.44. The van der Waals surface area contributed by atoms with Crippen LogP contribution in [0.3, 0.4) is 0 Å². The number of benzene rings is 2.